The summed E-state index contributed by atoms with van der Waals surface area (Å²) in [7, 11) is 2.50. The average molecular weight is 1570 g/mol. The van der Waals surface area contributed by atoms with Crippen molar-refractivity contribution in [2.24, 2.45) is 5.92 Å². The molecule has 8 N–H and O–H groups in total. The van der Waals surface area contributed by atoms with Gasteiger partial charge in [0.15, 0.2) is 5.78 Å². The molecule has 6 aromatic rings. The Morgan fingerprint density at radius 2 is 1.30 bits per heavy atom. The van der Waals surface area contributed by atoms with Gasteiger partial charge in [-0.15, -0.1) is 0 Å². The van der Waals surface area contributed by atoms with E-state index < -0.39 is 75.2 Å². The highest BCUT2D eigenvalue weighted by atomic mass is 32.2. The van der Waals surface area contributed by atoms with Crippen LogP contribution in [0, 0.1) is 5.92 Å². The largest absolute Gasteiger partial charge is 0.444 e. The van der Waals surface area contributed by atoms with Crippen molar-refractivity contribution in [1.82, 2.24) is 60.8 Å². The number of hydrogen-bond acceptors (Lipinski definition) is 25. The summed E-state index contributed by atoms with van der Waals surface area (Å²) >= 11 is 0. The summed E-state index contributed by atoms with van der Waals surface area (Å²) in [5.41, 5.74) is 8.03. The number of hydrazine groups is 2. The summed E-state index contributed by atoms with van der Waals surface area (Å²) < 4.78 is 86.6. The second-order valence-corrected chi connectivity index (χ2v) is 28.7. The van der Waals surface area contributed by atoms with Gasteiger partial charge in [-0.05, 0) is 92.7 Å². The Morgan fingerprint density at radius 1 is 0.694 bits per heavy atom. The van der Waals surface area contributed by atoms with Crippen molar-refractivity contribution in [3.05, 3.63) is 123 Å². The second-order valence-electron chi connectivity index (χ2n) is 27.2. The van der Waals surface area contributed by atoms with Crippen LogP contribution in [0.5, 0.6) is 0 Å². The Labute approximate surface area is 645 Å². The minimum atomic E-state index is -4.62. The first-order valence-corrected chi connectivity index (χ1v) is 38.9. The zero-order chi connectivity index (χ0) is 80.0. The monoisotopic (exact) mass is 1570 g/mol. The summed E-state index contributed by atoms with van der Waals surface area (Å²) in [6, 6.07) is 18.4. The third-order valence-electron chi connectivity index (χ3n) is 18.7. The third kappa shape index (κ3) is 26.1. The molecule has 0 bridgehead atoms. The quantitative estimate of drug-likeness (QED) is 0.0154. The fourth-order valence-electron chi connectivity index (χ4n) is 12.7. The lowest BCUT2D eigenvalue weighted by molar-refractivity contribution is -0.140. The van der Waals surface area contributed by atoms with Crippen LogP contribution in [0.1, 0.15) is 86.9 Å². The number of Topliss-reactive ketones (excluding diaryl/α,β-unsaturated/α-hetero) is 1. The molecule has 2 aromatic carbocycles. The number of carbonyl (C=O) groups is 7. The van der Waals surface area contributed by atoms with Crippen molar-refractivity contribution in [3.8, 4) is 11.4 Å². The van der Waals surface area contributed by atoms with Gasteiger partial charge in [-0.3, -0.25) is 43.5 Å². The van der Waals surface area contributed by atoms with E-state index >= 15 is 0 Å². The number of ether oxygens (including phenoxy) is 9. The number of aromatic nitrogens is 4. The predicted octanol–water partition coefficient (Wildman–Crippen LogP) is 2.80. The number of fused-ring (bicyclic) bond motifs is 6. The maximum atomic E-state index is 14.0. The highest BCUT2D eigenvalue weighted by Gasteiger charge is 2.44. The molecule has 1 aliphatic heterocycles. The number of para-hydroxylation sites is 1. The molecule has 0 saturated heterocycles. The third-order valence-corrected chi connectivity index (χ3v) is 19.5. The molecular formula is C76H107N13O21S. The van der Waals surface area contributed by atoms with Crippen molar-refractivity contribution < 1.29 is 94.3 Å². The number of hydrogen-bond donors (Lipinski definition) is 8. The van der Waals surface area contributed by atoms with Crippen LogP contribution in [-0.2, 0) is 126 Å². The van der Waals surface area contributed by atoms with E-state index in [1.165, 1.54) is 11.9 Å². The first kappa shape index (κ1) is 87.8. The molecule has 34 nitrogen and oxygen atoms in total. The molecule has 0 fully saturated rings. The van der Waals surface area contributed by atoms with Crippen LogP contribution >= 0.6 is 0 Å². The lowest BCUT2D eigenvalue weighted by atomic mass is 9.77. The molecular weight excluding hydrogens is 1460 g/mol. The SMILES string of the molecule is CC[C@@]1(O)C(=O)CCc2c1cc1n(c2=O)Cc2c-1nc1ccccc1c2CCN(C(=O)OCc1ccc(NC(=O)[C@H](C)NC(=O)[C@@H](NC(=O)CCOCCOCCOCCOCCOCCOCCOCCOCCNC(=O)[C@H](CS(=O)(=O)O)NC(=O)CCn2c(CN(C)NC)cc3cccnc32)C(C)C)cc1)N(C)C. The molecule has 5 heterocycles. The van der Waals surface area contributed by atoms with Crippen LogP contribution in [0.25, 0.3) is 33.3 Å². The van der Waals surface area contributed by atoms with Crippen molar-refractivity contribution in [3.63, 3.8) is 0 Å². The van der Waals surface area contributed by atoms with Gasteiger partial charge in [-0.25, -0.2) is 29.8 Å². The summed E-state index contributed by atoms with van der Waals surface area (Å²) in [6.07, 6.45) is 1.81. The summed E-state index contributed by atoms with van der Waals surface area (Å²) in [5, 5.41) is 31.4. The number of ketones is 1. The number of pyridine rings is 3. The number of benzene rings is 2. The molecule has 0 unspecified atom stereocenters. The van der Waals surface area contributed by atoms with Crippen molar-refractivity contribution >= 4 is 79.2 Å². The van der Waals surface area contributed by atoms with Gasteiger partial charge in [0.25, 0.3) is 15.7 Å². The summed E-state index contributed by atoms with van der Waals surface area (Å²) in [4.78, 5) is 116. The Morgan fingerprint density at radius 3 is 1.89 bits per heavy atom. The predicted molar refractivity (Wildman–Crippen MR) is 409 cm³/mol. The molecule has 0 spiro atoms. The van der Waals surface area contributed by atoms with E-state index in [0.29, 0.717) is 124 Å². The Balaban J connectivity index is 0.595. The molecule has 608 valence electrons. The number of amides is 6. The normalized spacial score (nSPS) is 14.8. The van der Waals surface area contributed by atoms with E-state index in [9.17, 15) is 56.4 Å². The van der Waals surface area contributed by atoms with E-state index in [1.54, 1.807) is 88.0 Å². The maximum absolute atomic E-state index is 14.0. The van der Waals surface area contributed by atoms with Gasteiger partial charge in [0, 0.05) is 105 Å². The molecule has 111 heavy (non-hydrogen) atoms. The molecule has 8 rings (SSSR count). The first-order chi connectivity index (χ1) is 53.3. The number of rotatable bonds is 50. The molecule has 0 radical (unpaired) electrons. The zero-order valence-corrected chi connectivity index (χ0v) is 65.3. The number of nitrogens with one attached hydrogen (secondary N) is 6. The standard InChI is InChI=1S/C76H107N13O21S/c1-9-76(98)61-46-64-69-60(48-88(64)74(96)59(61)20-21-65(76)90)57(58-14-10-11-15-62(58)83-69)22-28-89(85(6)7)75(97)110-49-53-16-18-55(19-17-53)81-71(93)52(4)80-73(95)68(51(2)3)84-67(92)24-29-102-31-33-104-35-37-106-39-41-108-43-44-109-42-40-107-38-36-105-34-32-103-30-26-79-72(94)63(50-111(99,100)101)82-66(91)23-27-87-56(47-86(8)77-5)45-54-13-12-25-78-70(54)87/h10-19,25,45-46,51-52,63,68,77,98H,9,20-24,26-44,47-50H2,1-8H3,(H,79,94)(H,80,95)(H,81,93)(H,82,91)(H,84,92)(H,99,100,101)/t52-,63-,68-,76-/m0/s1. The van der Waals surface area contributed by atoms with Crippen LogP contribution in [-0.4, -0.2) is 264 Å². The minimum Gasteiger partial charge on any atom is -0.444 e. The van der Waals surface area contributed by atoms with E-state index in [4.69, 9.17) is 47.6 Å². The lowest BCUT2D eigenvalue weighted by Crippen LogP contribution is -2.53. The fraction of sp³-hybridized carbons (Fsp3) is 0.553. The molecule has 4 aromatic heterocycles. The fourth-order valence-corrected chi connectivity index (χ4v) is 13.3. The second kappa shape index (κ2) is 43.9. The molecule has 4 atom stereocenters. The highest BCUT2D eigenvalue weighted by molar-refractivity contribution is 7.85. The van der Waals surface area contributed by atoms with E-state index in [2.05, 4.69) is 37.0 Å². The molecule has 1 aliphatic carbocycles. The summed E-state index contributed by atoms with van der Waals surface area (Å²) in [5.74, 6) is -4.43. The van der Waals surface area contributed by atoms with E-state index in [-0.39, 0.29) is 122 Å². The first-order valence-electron chi connectivity index (χ1n) is 37.3. The van der Waals surface area contributed by atoms with Crippen LogP contribution in [0.4, 0.5) is 10.5 Å². The lowest BCUT2D eigenvalue weighted by Gasteiger charge is -2.32. The number of nitrogens with zero attached hydrogens (tertiary/aromatic N) is 7. The number of aryl methyl sites for hydroxylation is 1. The van der Waals surface area contributed by atoms with Gasteiger partial charge >= 0.3 is 6.09 Å². The van der Waals surface area contributed by atoms with Crippen LogP contribution in [0.3, 0.4) is 0 Å². The minimum absolute atomic E-state index is 0.00919. The van der Waals surface area contributed by atoms with Crippen molar-refractivity contribution in [1.29, 1.82) is 0 Å². The number of anilines is 1. The molecule has 35 heteroatoms. The molecule has 2 aliphatic rings. The van der Waals surface area contributed by atoms with E-state index in [0.717, 1.165) is 27.6 Å². The van der Waals surface area contributed by atoms with Crippen LogP contribution in [0.15, 0.2) is 83.8 Å². The van der Waals surface area contributed by atoms with Gasteiger partial charge in [0.1, 0.15) is 41.7 Å². The zero-order valence-electron chi connectivity index (χ0n) is 64.5. The highest BCUT2D eigenvalue weighted by Crippen LogP contribution is 2.41. The summed E-state index contributed by atoms with van der Waals surface area (Å²) in [6.45, 7) is 12.5. The Kier molecular flexibility index (Phi) is 34.7. The van der Waals surface area contributed by atoms with Crippen molar-refractivity contribution in [2.45, 2.75) is 116 Å². The van der Waals surface area contributed by atoms with Gasteiger partial charge in [0.2, 0.25) is 29.5 Å². The number of carbonyl (C=O) groups excluding carboxylic acids is 7. The van der Waals surface area contributed by atoms with Gasteiger partial charge in [0.05, 0.1) is 136 Å². The Bertz CT molecular complexity index is 4280. The van der Waals surface area contributed by atoms with E-state index in [1.807, 2.05) is 59.1 Å². The average Bonchev–Trinajstić information content (AvgIpc) is 1.60. The van der Waals surface area contributed by atoms with Crippen molar-refractivity contribution in [2.75, 3.05) is 158 Å². The van der Waals surface area contributed by atoms with Gasteiger partial charge < -0.3 is 83.5 Å². The van der Waals surface area contributed by atoms with Gasteiger partial charge in [-0.2, -0.15) is 8.42 Å². The smallest absolute Gasteiger partial charge is 0.424 e. The van der Waals surface area contributed by atoms with Gasteiger partial charge in [-0.1, -0.05) is 51.1 Å². The van der Waals surface area contributed by atoms with Crippen LogP contribution in [0.2, 0.25) is 0 Å². The number of aliphatic hydroxyl groups is 1. The Hall–Kier alpha value is -8.79. The molecule has 6 amide bonds. The molecule has 0 saturated carbocycles. The topological polar surface area (TPSA) is 412 Å². The maximum Gasteiger partial charge on any atom is 0.424 e. The van der Waals surface area contributed by atoms with Crippen LogP contribution < -0.4 is 37.6 Å².